The number of rotatable bonds is 6. The van der Waals surface area contributed by atoms with Crippen LogP contribution in [0.4, 0.5) is 0 Å². The van der Waals surface area contributed by atoms with Gasteiger partial charge in [-0.2, -0.15) is 0 Å². The number of amides is 1. The molecular weight excluding hydrogens is 439 g/mol. The molecule has 2 unspecified atom stereocenters. The number of benzene rings is 1. The van der Waals surface area contributed by atoms with Gasteiger partial charge in [0.1, 0.15) is 0 Å². The van der Waals surface area contributed by atoms with Gasteiger partial charge in [0, 0.05) is 44.6 Å². The van der Waals surface area contributed by atoms with E-state index in [1.54, 1.807) is 7.05 Å². The first-order valence-corrected chi connectivity index (χ1v) is 9.36. The molecule has 2 atom stereocenters. The SMILES string of the molecule is CCC(CNC(=NC)NC1CCN(C(=O)C(C)C)C1)c1ccccc1.I. The van der Waals surface area contributed by atoms with Gasteiger partial charge in [-0.25, -0.2) is 0 Å². The number of guanidine groups is 1. The minimum absolute atomic E-state index is 0. The van der Waals surface area contributed by atoms with Crippen LogP contribution in [0.5, 0.6) is 0 Å². The normalized spacial score (nSPS) is 18.4. The highest BCUT2D eigenvalue weighted by atomic mass is 127. The Morgan fingerprint density at radius 1 is 1.31 bits per heavy atom. The van der Waals surface area contributed by atoms with E-state index in [-0.39, 0.29) is 41.8 Å². The van der Waals surface area contributed by atoms with Gasteiger partial charge in [0.2, 0.25) is 5.91 Å². The van der Waals surface area contributed by atoms with Gasteiger partial charge in [-0.3, -0.25) is 9.79 Å². The summed E-state index contributed by atoms with van der Waals surface area (Å²) in [5.41, 5.74) is 1.35. The van der Waals surface area contributed by atoms with Gasteiger partial charge < -0.3 is 15.5 Å². The van der Waals surface area contributed by atoms with Crippen LogP contribution in [0, 0.1) is 5.92 Å². The van der Waals surface area contributed by atoms with E-state index in [0.717, 1.165) is 38.4 Å². The van der Waals surface area contributed by atoms with Gasteiger partial charge >= 0.3 is 0 Å². The van der Waals surface area contributed by atoms with Crippen molar-refractivity contribution in [1.82, 2.24) is 15.5 Å². The minimum Gasteiger partial charge on any atom is -0.356 e. The van der Waals surface area contributed by atoms with Crippen molar-refractivity contribution in [2.75, 3.05) is 26.7 Å². The molecule has 0 spiro atoms. The van der Waals surface area contributed by atoms with Crippen molar-refractivity contribution in [3.63, 3.8) is 0 Å². The van der Waals surface area contributed by atoms with Crippen LogP contribution in [-0.4, -0.2) is 49.5 Å². The predicted octanol–water partition coefficient (Wildman–Crippen LogP) is 3.22. The van der Waals surface area contributed by atoms with Crippen molar-refractivity contribution in [1.29, 1.82) is 0 Å². The molecule has 0 aliphatic carbocycles. The zero-order valence-corrected chi connectivity index (χ0v) is 18.7. The lowest BCUT2D eigenvalue weighted by atomic mass is 9.97. The Morgan fingerprint density at radius 3 is 2.58 bits per heavy atom. The Balaban J connectivity index is 0.00000338. The molecule has 1 aliphatic heterocycles. The molecule has 5 nitrogen and oxygen atoms in total. The maximum atomic E-state index is 12.1. The molecule has 1 saturated heterocycles. The third-order valence-electron chi connectivity index (χ3n) is 4.84. The molecule has 1 amide bonds. The number of carbonyl (C=O) groups excluding carboxylic acids is 1. The third-order valence-corrected chi connectivity index (χ3v) is 4.84. The lowest BCUT2D eigenvalue weighted by molar-refractivity contribution is -0.133. The number of hydrogen-bond donors (Lipinski definition) is 2. The average Bonchev–Trinajstić information content (AvgIpc) is 3.09. The summed E-state index contributed by atoms with van der Waals surface area (Å²) in [5.74, 6) is 1.58. The molecule has 0 bridgehead atoms. The summed E-state index contributed by atoms with van der Waals surface area (Å²) < 4.78 is 0. The maximum absolute atomic E-state index is 12.1. The average molecular weight is 472 g/mol. The summed E-state index contributed by atoms with van der Waals surface area (Å²) >= 11 is 0. The van der Waals surface area contributed by atoms with Crippen molar-refractivity contribution in [2.24, 2.45) is 10.9 Å². The van der Waals surface area contributed by atoms with E-state index in [9.17, 15) is 4.79 Å². The lowest BCUT2D eigenvalue weighted by Gasteiger charge is -2.22. The molecule has 2 rings (SSSR count). The summed E-state index contributed by atoms with van der Waals surface area (Å²) in [4.78, 5) is 18.4. The van der Waals surface area contributed by atoms with E-state index in [4.69, 9.17) is 0 Å². The standard InChI is InChI=1S/C20H32N4O.HI/c1-5-16(17-9-7-6-8-10-17)13-22-20(21-4)23-18-11-12-24(14-18)19(25)15(2)3;/h6-10,15-16,18H,5,11-14H2,1-4H3,(H2,21,22,23);1H. The molecule has 1 aromatic carbocycles. The van der Waals surface area contributed by atoms with Crippen molar-refractivity contribution >= 4 is 35.8 Å². The van der Waals surface area contributed by atoms with Crippen LogP contribution in [-0.2, 0) is 4.79 Å². The fourth-order valence-electron chi connectivity index (χ4n) is 3.27. The first-order valence-electron chi connectivity index (χ1n) is 9.36. The number of likely N-dealkylation sites (tertiary alicyclic amines) is 1. The molecule has 0 aromatic heterocycles. The summed E-state index contributed by atoms with van der Waals surface area (Å²) in [5, 5.41) is 6.91. The van der Waals surface area contributed by atoms with Crippen LogP contribution < -0.4 is 10.6 Å². The van der Waals surface area contributed by atoms with Gasteiger partial charge in [0.05, 0.1) is 0 Å². The zero-order chi connectivity index (χ0) is 18.2. The monoisotopic (exact) mass is 472 g/mol. The predicted molar refractivity (Wildman–Crippen MR) is 119 cm³/mol. The Bertz CT molecular complexity index is 576. The number of hydrogen-bond acceptors (Lipinski definition) is 2. The van der Waals surface area contributed by atoms with E-state index >= 15 is 0 Å². The quantitative estimate of drug-likeness (QED) is 0.380. The Morgan fingerprint density at radius 2 is 2.00 bits per heavy atom. The second-order valence-corrected chi connectivity index (χ2v) is 7.04. The summed E-state index contributed by atoms with van der Waals surface area (Å²) in [6.45, 7) is 8.56. The molecule has 1 heterocycles. The summed E-state index contributed by atoms with van der Waals surface area (Å²) in [6, 6.07) is 10.9. The smallest absolute Gasteiger partial charge is 0.225 e. The van der Waals surface area contributed by atoms with Crippen LogP contribution in [0.25, 0.3) is 0 Å². The Kier molecular flexibility index (Phi) is 9.98. The van der Waals surface area contributed by atoms with Crippen LogP contribution in [0.1, 0.15) is 45.1 Å². The van der Waals surface area contributed by atoms with Crippen LogP contribution in [0.3, 0.4) is 0 Å². The molecule has 26 heavy (non-hydrogen) atoms. The van der Waals surface area contributed by atoms with Crippen molar-refractivity contribution in [3.05, 3.63) is 35.9 Å². The van der Waals surface area contributed by atoms with Gasteiger partial charge in [-0.15, -0.1) is 24.0 Å². The highest BCUT2D eigenvalue weighted by Gasteiger charge is 2.28. The fraction of sp³-hybridized carbons (Fsp3) is 0.600. The zero-order valence-electron chi connectivity index (χ0n) is 16.4. The molecule has 1 aliphatic rings. The van der Waals surface area contributed by atoms with Crippen LogP contribution >= 0.6 is 24.0 Å². The Hall–Kier alpha value is -1.31. The molecule has 1 aromatic rings. The van der Waals surface area contributed by atoms with Gasteiger partial charge in [0.25, 0.3) is 0 Å². The van der Waals surface area contributed by atoms with Crippen LogP contribution in [0.15, 0.2) is 35.3 Å². The number of nitrogens with zero attached hydrogens (tertiary/aromatic N) is 2. The van der Waals surface area contributed by atoms with E-state index < -0.39 is 0 Å². The van der Waals surface area contributed by atoms with E-state index in [1.807, 2.05) is 18.7 Å². The molecule has 146 valence electrons. The summed E-state index contributed by atoms with van der Waals surface area (Å²) in [6.07, 6.45) is 2.04. The van der Waals surface area contributed by atoms with Gasteiger partial charge in [0.15, 0.2) is 5.96 Å². The lowest BCUT2D eigenvalue weighted by Crippen LogP contribution is -2.46. The first kappa shape index (κ1) is 22.7. The molecule has 2 N–H and O–H groups in total. The number of carbonyl (C=O) groups is 1. The Labute approximate surface area is 175 Å². The van der Waals surface area contributed by atoms with E-state index in [1.165, 1.54) is 5.56 Å². The highest BCUT2D eigenvalue weighted by molar-refractivity contribution is 14.0. The summed E-state index contributed by atoms with van der Waals surface area (Å²) in [7, 11) is 1.80. The van der Waals surface area contributed by atoms with Crippen LogP contribution in [0.2, 0.25) is 0 Å². The van der Waals surface area contributed by atoms with Gasteiger partial charge in [-0.1, -0.05) is 51.1 Å². The molecule has 0 saturated carbocycles. The molecule has 0 radical (unpaired) electrons. The molecule has 6 heteroatoms. The maximum Gasteiger partial charge on any atom is 0.225 e. The van der Waals surface area contributed by atoms with Crippen molar-refractivity contribution in [2.45, 2.75) is 45.6 Å². The van der Waals surface area contributed by atoms with Gasteiger partial charge in [-0.05, 0) is 18.4 Å². The first-order chi connectivity index (χ1) is 12.0. The van der Waals surface area contributed by atoms with Crippen molar-refractivity contribution in [3.8, 4) is 0 Å². The highest BCUT2D eigenvalue weighted by Crippen LogP contribution is 2.18. The van der Waals surface area contributed by atoms with E-state index in [2.05, 4.69) is 52.9 Å². The second-order valence-electron chi connectivity index (χ2n) is 7.04. The minimum atomic E-state index is 0. The van der Waals surface area contributed by atoms with Crippen molar-refractivity contribution < 1.29 is 4.79 Å². The third kappa shape index (κ3) is 6.45. The fourth-order valence-corrected chi connectivity index (χ4v) is 3.27. The molecule has 1 fully saturated rings. The second kappa shape index (κ2) is 11.4. The largest absolute Gasteiger partial charge is 0.356 e. The number of halogens is 1. The number of nitrogens with one attached hydrogen (secondary N) is 2. The molecular formula is C20H33IN4O. The number of aliphatic imine (C=N–C) groups is 1. The topological polar surface area (TPSA) is 56.7 Å². The van der Waals surface area contributed by atoms with E-state index in [0.29, 0.717) is 5.92 Å².